The molecule has 0 spiro atoms. The van der Waals surface area contributed by atoms with Crippen molar-refractivity contribution in [1.82, 2.24) is 14.8 Å². The number of carbonyl (C=O) groups excluding carboxylic acids is 2. The summed E-state index contributed by atoms with van der Waals surface area (Å²) in [7, 11) is 3.02. The van der Waals surface area contributed by atoms with E-state index in [-0.39, 0.29) is 22.5 Å². The zero-order chi connectivity index (χ0) is 25.0. The van der Waals surface area contributed by atoms with E-state index in [1.165, 1.54) is 44.1 Å². The number of carbonyl (C=O) groups is 2. The van der Waals surface area contributed by atoms with Gasteiger partial charge in [-0.05, 0) is 56.4 Å². The predicted octanol–water partition coefficient (Wildman–Crippen LogP) is 3.41. The van der Waals surface area contributed by atoms with Crippen molar-refractivity contribution in [2.75, 3.05) is 33.9 Å². The maximum atomic E-state index is 13.3. The van der Waals surface area contributed by atoms with Gasteiger partial charge in [-0.15, -0.1) is 0 Å². The number of aromatic nitrogens is 1. The van der Waals surface area contributed by atoms with Crippen molar-refractivity contribution >= 4 is 11.8 Å². The van der Waals surface area contributed by atoms with Gasteiger partial charge in [0.15, 0.2) is 0 Å². The van der Waals surface area contributed by atoms with Gasteiger partial charge in [-0.3, -0.25) is 19.0 Å². The van der Waals surface area contributed by atoms with Crippen LogP contribution in [-0.2, 0) is 10.9 Å². The Kier molecular flexibility index (Phi) is 7.81. The highest BCUT2D eigenvalue weighted by atomic mass is 19.4. The van der Waals surface area contributed by atoms with Crippen molar-refractivity contribution < 1.29 is 27.5 Å². The number of pyridine rings is 1. The Bertz CT molecular complexity index is 1120. The molecule has 1 fully saturated rings. The minimum absolute atomic E-state index is 0.0524. The van der Waals surface area contributed by atoms with Gasteiger partial charge < -0.3 is 15.0 Å². The Morgan fingerprint density at radius 1 is 1.15 bits per heavy atom. The summed E-state index contributed by atoms with van der Waals surface area (Å²) in [6.07, 6.45) is -2.12. The number of ether oxygens (including phenoxy) is 1. The molecular weight excluding hydrogens is 451 g/mol. The van der Waals surface area contributed by atoms with Crippen molar-refractivity contribution in [3.05, 3.63) is 63.1 Å². The largest absolute Gasteiger partial charge is 0.416 e. The predicted molar refractivity (Wildman–Crippen MR) is 120 cm³/mol. The minimum Gasteiger partial charge on any atom is -0.381 e. The number of halogens is 3. The third kappa shape index (κ3) is 5.67. The van der Waals surface area contributed by atoms with Crippen molar-refractivity contribution in [2.45, 2.75) is 32.4 Å². The van der Waals surface area contributed by atoms with Crippen molar-refractivity contribution in [2.24, 2.45) is 5.92 Å². The van der Waals surface area contributed by atoms with E-state index in [0.29, 0.717) is 32.1 Å². The first-order valence-electron chi connectivity index (χ1n) is 11.0. The van der Waals surface area contributed by atoms with Crippen molar-refractivity contribution in [1.29, 1.82) is 0 Å². The van der Waals surface area contributed by atoms with E-state index in [1.807, 2.05) is 0 Å². The third-order valence-corrected chi connectivity index (χ3v) is 5.94. The van der Waals surface area contributed by atoms with Gasteiger partial charge in [0.2, 0.25) is 0 Å². The Hall–Kier alpha value is -3.14. The molecule has 0 saturated carbocycles. The summed E-state index contributed by atoms with van der Waals surface area (Å²) < 4.78 is 46.1. The molecule has 2 amide bonds. The number of nitrogens with zero attached hydrogens (tertiary/aromatic N) is 2. The molecule has 0 aliphatic carbocycles. The first-order valence-corrected chi connectivity index (χ1v) is 11.0. The summed E-state index contributed by atoms with van der Waals surface area (Å²) in [6.45, 7) is 3.14. The number of hydrogen-bond donors (Lipinski definition) is 1. The molecule has 1 aliphatic heterocycles. The molecule has 2 aromatic rings. The fourth-order valence-corrected chi connectivity index (χ4v) is 3.98. The van der Waals surface area contributed by atoms with Crippen molar-refractivity contribution in [3.8, 4) is 5.69 Å². The molecule has 2 heterocycles. The average Bonchev–Trinajstić information content (AvgIpc) is 2.79. The SMILES string of the molecule is Cc1c(C(=O)N(C)C)cc(C(=O)NCCC2CCOCC2)c(=O)n1-c1cccc(C(F)(F)F)c1. The molecule has 3 rings (SSSR count). The van der Waals surface area contributed by atoms with E-state index in [0.717, 1.165) is 29.5 Å². The molecule has 10 heteroatoms. The van der Waals surface area contributed by atoms with Crippen LogP contribution in [0.25, 0.3) is 5.69 Å². The lowest BCUT2D eigenvalue weighted by molar-refractivity contribution is -0.137. The summed E-state index contributed by atoms with van der Waals surface area (Å²) in [5.74, 6) is -0.750. The summed E-state index contributed by atoms with van der Waals surface area (Å²) in [5, 5.41) is 2.72. The number of benzene rings is 1. The molecule has 0 unspecified atom stereocenters. The summed E-state index contributed by atoms with van der Waals surface area (Å²) >= 11 is 0. The second-order valence-corrected chi connectivity index (χ2v) is 8.55. The maximum absolute atomic E-state index is 13.3. The first kappa shape index (κ1) is 25.5. The van der Waals surface area contributed by atoms with Gasteiger partial charge in [-0.25, -0.2) is 0 Å². The van der Waals surface area contributed by atoms with Gasteiger partial charge in [0.05, 0.1) is 11.1 Å². The second kappa shape index (κ2) is 10.4. The highest BCUT2D eigenvalue weighted by Gasteiger charge is 2.31. The van der Waals surface area contributed by atoms with E-state index < -0.39 is 29.1 Å². The van der Waals surface area contributed by atoms with Crippen LogP contribution in [0, 0.1) is 12.8 Å². The topological polar surface area (TPSA) is 80.6 Å². The van der Waals surface area contributed by atoms with Crippen LogP contribution in [0.3, 0.4) is 0 Å². The molecule has 1 aromatic carbocycles. The number of nitrogens with one attached hydrogen (secondary N) is 1. The molecular formula is C24H28F3N3O4. The zero-order valence-corrected chi connectivity index (χ0v) is 19.4. The Morgan fingerprint density at radius 2 is 1.82 bits per heavy atom. The maximum Gasteiger partial charge on any atom is 0.416 e. The second-order valence-electron chi connectivity index (χ2n) is 8.55. The van der Waals surface area contributed by atoms with E-state index in [4.69, 9.17) is 4.74 Å². The molecule has 0 bridgehead atoms. The summed E-state index contributed by atoms with van der Waals surface area (Å²) in [5.41, 5.74) is -1.93. The van der Waals surface area contributed by atoms with Gasteiger partial charge in [-0.2, -0.15) is 13.2 Å². The minimum atomic E-state index is -4.62. The van der Waals surface area contributed by atoms with Crippen LogP contribution in [-0.4, -0.2) is 55.1 Å². The fraction of sp³-hybridized carbons (Fsp3) is 0.458. The lowest BCUT2D eigenvalue weighted by Gasteiger charge is -2.22. The molecule has 1 aromatic heterocycles. The van der Waals surface area contributed by atoms with Gasteiger partial charge >= 0.3 is 6.18 Å². The smallest absolute Gasteiger partial charge is 0.381 e. The normalized spacial score (nSPS) is 14.6. The van der Waals surface area contributed by atoms with Gasteiger partial charge in [0, 0.05) is 45.2 Å². The van der Waals surface area contributed by atoms with Crippen LogP contribution in [0.5, 0.6) is 0 Å². The average molecular weight is 479 g/mol. The molecule has 184 valence electrons. The van der Waals surface area contributed by atoms with Crippen molar-refractivity contribution in [3.63, 3.8) is 0 Å². The highest BCUT2D eigenvalue weighted by molar-refractivity contribution is 6.00. The monoisotopic (exact) mass is 479 g/mol. The number of hydrogen-bond acceptors (Lipinski definition) is 4. The van der Waals surface area contributed by atoms with E-state index in [1.54, 1.807) is 0 Å². The molecule has 1 saturated heterocycles. The number of amides is 2. The van der Waals surface area contributed by atoms with Crippen LogP contribution in [0.15, 0.2) is 35.1 Å². The lowest BCUT2D eigenvalue weighted by Crippen LogP contribution is -2.36. The van der Waals surface area contributed by atoms with Crippen LogP contribution in [0.2, 0.25) is 0 Å². The molecule has 0 radical (unpaired) electrons. The Balaban J connectivity index is 2.01. The van der Waals surface area contributed by atoms with Gasteiger partial charge in [-0.1, -0.05) is 6.07 Å². The van der Waals surface area contributed by atoms with Gasteiger partial charge in [0.1, 0.15) is 5.56 Å². The number of alkyl halides is 3. The molecule has 0 atom stereocenters. The first-order chi connectivity index (χ1) is 16.0. The van der Waals surface area contributed by atoms with Crippen LogP contribution in [0.4, 0.5) is 13.2 Å². The molecule has 1 aliphatic rings. The van der Waals surface area contributed by atoms with E-state index in [2.05, 4.69) is 5.32 Å². The number of rotatable bonds is 6. The molecule has 1 N–H and O–H groups in total. The molecule has 7 nitrogen and oxygen atoms in total. The molecule has 34 heavy (non-hydrogen) atoms. The zero-order valence-electron chi connectivity index (χ0n) is 19.4. The Morgan fingerprint density at radius 3 is 2.44 bits per heavy atom. The van der Waals surface area contributed by atoms with Crippen LogP contribution < -0.4 is 10.9 Å². The fourth-order valence-electron chi connectivity index (χ4n) is 3.98. The quantitative estimate of drug-likeness (QED) is 0.689. The third-order valence-electron chi connectivity index (χ3n) is 5.94. The lowest BCUT2D eigenvalue weighted by atomic mass is 9.96. The van der Waals surface area contributed by atoms with Crippen LogP contribution in [0.1, 0.15) is 51.2 Å². The highest BCUT2D eigenvalue weighted by Crippen LogP contribution is 2.30. The van der Waals surface area contributed by atoms with E-state index in [9.17, 15) is 27.6 Å². The van der Waals surface area contributed by atoms with Gasteiger partial charge in [0.25, 0.3) is 17.4 Å². The standard InChI is InChI=1S/C24H28F3N3O4/c1-15-19(22(32)29(2)3)14-20(21(31)28-10-7-16-8-11-34-12-9-16)23(33)30(15)18-6-4-5-17(13-18)24(25,26)27/h4-6,13-14,16H,7-12H2,1-3H3,(H,28,31). The van der Waals surface area contributed by atoms with E-state index >= 15 is 0 Å². The summed E-state index contributed by atoms with van der Waals surface area (Å²) in [4.78, 5) is 40.2. The van der Waals surface area contributed by atoms with Crippen LogP contribution >= 0.6 is 0 Å². The summed E-state index contributed by atoms with van der Waals surface area (Å²) in [6, 6.07) is 5.44. The Labute approximate surface area is 195 Å².